The van der Waals surface area contributed by atoms with Crippen LogP contribution in [0.3, 0.4) is 0 Å². The van der Waals surface area contributed by atoms with Crippen molar-refractivity contribution in [2.24, 2.45) is 10.8 Å². The Morgan fingerprint density at radius 2 is 1.20 bits per heavy atom. The van der Waals surface area contributed by atoms with Crippen LogP contribution in [0.2, 0.25) is 0 Å². The predicted octanol–water partition coefficient (Wildman–Crippen LogP) is 6.45. The van der Waals surface area contributed by atoms with Crippen molar-refractivity contribution in [2.75, 3.05) is 26.7 Å². The summed E-state index contributed by atoms with van der Waals surface area (Å²) in [4.78, 5) is 28.3. The van der Waals surface area contributed by atoms with E-state index < -0.39 is 5.41 Å². The van der Waals surface area contributed by atoms with Crippen molar-refractivity contribution in [3.63, 3.8) is 0 Å². The Bertz CT molecular complexity index is 912. The smallest absolute Gasteiger partial charge is 0.155 e. The Labute approximate surface area is 246 Å². The van der Waals surface area contributed by atoms with Gasteiger partial charge < -0.3 is 20.3 Å². The molecule has 6 heteroatoms. The second kappa shape index (κ2) is 14.9. The highest BCUT2D eigenvalue weighted by Crippen LogP contribution is 2.23. The summed E-state index contributed by atoms with van der Waals surface area (Å²) >= 11 is 0. The summed E-state index contributed by atoms with van der Waals surface area (Å²) in [7, 11) is 2.12. The Morgan fingerprint density at radius 1 is 0.725 bits per heavy atom. The van der Waals surface area contributed by atoms with Gasteiger partial charge in [-0.25, -0.2) is 0 Å². The molecule has 0 aliphatic heterocycles. The zero-order chi connectivity index (χ0) is 30.9. The number of benzene rings is 1. The van der Waals surface area contributed by atoms with Crippen LogP contribution in [-0.4, -0.2) is 66.4 Å². The van der Waals surface area contributed by atoms with Crippen LogP contribution in [0.4, 0.5) is 0 Å². The summed E-state index contributed by atoms with van der Waals surface area (Å²) in [5.41, 5.74) is 0.146. The highest BCUT2D eigenvalue weighted by molar-refractivity contribution is 5.89. The standard InChI is InChI=1S/C34H61N3O3/c1-31(2,3)29(38)27(35-33(7,8)9)16-14-15-21-37(13)22-23-40-26-19-17-25(18-20-26)24-28(36-34(10,11)12)30(39)32(4,5)6/h17-20,27-28,35-36H,14-16,21-24H2,1-13H3. The van der Waals surface area contributed by atoms with E-state index in [1.165, 1.54) is 0 Å². The quantitative estimate of drug-likeness (QED) is 0.241. The summed E-state index contributed by atoms with van der Waals surface area (Å²) in [6.07, 6.45) is 3.56. The lowest BCUT2D eigenvalue weighted by Gasteiger charge is -2.32. The van der Waals surface area contributed by atoms with Gasteiger partial charge in [0.05, 0.1) is 12.1 Å². The topological polar surface area (TPSA) is 70.7 Å². The van der Waals surface area contributed by atoms with E-state index in [-0.39, 0.29) is 40.1 Å². The van der Waals surface area contributed by atoms with E-state index in [9.17, 15) is 9.59 Å². The van der Waals surface area contributed by atoms with E-state index in [2.05, 4.69) is 76.3 Å². The fourth-order valence-corrected chi connectivity index (χ4v) is 4.69. The van der Waals surface area contributed by atoms with E-state index in [0.29, 0.717) is 13.0 Å². The molecule has 6 nitrogen and oxygen atoms in total. The van der Waals surface area contributed by atoms with Gasteiger partial charge in [0.1, 0.15) is 12.4 Å². The lowest BCUT2D eigenvalue weighted by molar-refractivity contribution is -0.129. The van der Waals surface area contributed by atoms with Gasteiger partial charge in [0.2, 0.25) is 0 Å². The van der Waals surface area contributed by atoms with Crippen molar-refractivity contribution in [1.82, 2.24) is 15.5 Å². The highest BCUT2D eigenvalue weighted by Gasteiger charge is 2.33. The summed E-state index contributed by atoms with van der Waals surface area (Å²) in [6.45, 7) is 27.0. The number of rotatable bonds is 15. The Morgan fingerprint density at radius 3 is 1.68 bits per heavy atom. The summed E-state index contributed by atoms with van der Waals surface area (Å²) < 4.78 is 6.01. The average Bonchev–Trinajstić information content (AvgIpc) is 2.78. The number of hydrogen-bond donors (Lipinski definition) is 2. The zero-order valence-corrected chi connectivity index (χ0v) is 28.1. The number of ketones is 2. The molecule has 0 saturated carbocycles. The number of Topliss-reactive ketones (excluding diaryl/α,β-unsaturated/α-hetero) is 2. The molecular weight excluding hydrogens is 498 g/mol. The van der Waals surface area contributed by atoms with Crippen LogP contribution < -0.4 is 15.4 Å². The Kier molecular flexibility index (Phi) is 13.5. The van der Waals surface area contributed by atoms with Gasteiger partial charge in [-0.05, 0) is 92.1 Å². The SMILES string of the molecule is CN(CCCCC(NC(C)(C)C)C(=O)C(C)(C)C)CCOc1ccc(CC(NC(C)(C)C)C(=O)C(C)(C)C)cc1. The second-order valence-corrected chi connectivity index (χ2v) is 15.6. The fraction of sp³-hybridized carbons (Fsp3) is 0.765. The van der Waals surface area contributed by atoms with Gasteiger partial charge in [-0.1, -0.05) is 60.1 Å². The monoisotopic (exact) mass is 559 g/mol. The third-order valence-electron chi connectivity index (χ3n) is 6.71. The lowest BCUT2D eigenvalue weighted by Crippen LogP contribution is -2.51. The van der Waals surface area contributed by atoms with Crippen LogP contribution in [-0.2, 0) is 16.0 Å². The minimum Gasteiger partial charge on any atom is -0.492 e. The maximum atomic E-state index is 13.1. The number of likely N-dealkylation sites (N-methyl/N-ethyl adjacent to an activating group) is 1. The van der Waals surface area contributed by atoms with Crippen LogP contribution in [0.25, 0.3) is 0 Å². The van der Waals surface area contributed by atoms with Gasteiger partial charge in [-0.2, -0.15) is 0 Å². The fourth-order valence-electron chi connectivity index (χ4n) is 4.69. The lowest BCUT2D eigenvalue weighted by atomic mass is 9.83. The van der Waals surface area contributed by atoms with Gasteiger partial charge in [-0.3, -0.25) is 9.59 Å². The molecule has 1 aromatic rings. The van der Waals surface area contributed by atoms with Crippen molar-refractivity contribution in [3.05, 3.63) is 29.8 Å². The van der Waals surface area contributed by atoms with E-state index in [1.54, 1.807) is 0 Å². The molecule has 0 heterocycles. The molecule has 1 aromatic carbocycles. The molecule has 0 aliphatic carbocycles. The number of carbonyl (C=O) groups is 2. The zero-order valence-electron chi connectivity index (χ0n) is 28.1. The molecule has 1 rings (SSSR count). The van der Waals surface area contributed by atoms with Crippen LogP contribution >= 0.6 is 0 Å². The van der Waals surface area contributed by atoms with Gasteiger partial charge in [0.25, 0.3) is 0 Å². The number of ether oxygens (including phenoxy) is 1. The summed E-state index contributed by atoms with van der Waals surface area (Å²) in [5.74, 6) is 1.36. The van der Waals surface area contributed by atoms with E-state index in [0.717, 1.165) is 43.7 Å². The van der Waals surface area contributed by atoms with Crippen LogP contribution in [0.5, 0.6) is 5.75 Å². The maximum Gasteiger partial charge on any atom is 0.155 e. The highest BCUT2D eigenvalue weighted by atomic mass is 16.5. The molecule has 0 amide bonds. The number of hydrogen-bond acceptors (Lipinski definition) is 6. The van der Waals surface area contributed by atoms with Crippen molar-refractivity contribution in [1.29, 1.82) is 0 Å². The number of unbranched alkanes of at least 4 members (excludes halogenated alkanes) is 1. The molecule has 0 saturated heterocycles. The van der Waals surface area contributed by atoms with Crippen molar-refractivity contribution < 1.29 is 14.3 Å². The van der Waals surface area contributed by atoms with E-state index in [4.69, 9.17) is 4.74 Å². The number of nitrogens with one attached hydrogen (secondary N) is 2. The van der Waals surface area contributed by atoms with Gasteiger partial charge in [0.15, 0.2) is 11.6 Å². The Balaban J connectivity index is 2.52. The molecule has 0 radical (unpaired) electrons. The molecule has 2 N–H and O–H groups in total. The molecular formula is C34H61N3O3. The average molecular weight is 560 g/mol. The minimum absolute atomic E-state index is 0.0905. The van der Waals surface area contributed by atoms with E-state index in [1.807, 2.05) is 53.7 Å². The van der Waals surface area contributed by atoms with E-state index >= 15 is 0 Å². The summed E-state index contributed by atoms with van der Waals surface area (Å²) in [6, 6.07) is 7.79. The first-order valence-corrected chi connectivity index (χ1v) is 15.1. The van der Waals surface area contributed by atoms with Gasteiger partial charge in [0, 0.05) is 28.5 Å². The van der Waals surface area contributed by atoms with Crippen molar-refractivity contribution >= 4 is 11.6 Å². The number of carbonyl (C=O) groups excluding carboxylic acids is 2. The normalized spacial score (nSPS) is 14.8. The number of nitrogens with zero attached hydrogens (tertiary/aromatic N) is 1. The van der Waals surface area contributed by atoms with Crippen LogP contribution in [0.15, 0.2) is 24.3 Å². The first-order chi connectivity index (χ1) is 18.1. The van der Waals surface area contributed by atoms with Crippen LogP contribution in [0.1, 0.15) is 108 Å². The third-order valence-corrected chi connectivity index (χ3v) is 6.71. The third kappa shape index (κ3) is 14.7. The Hall–Kier alpha value is -1.76. The molecule has 0 aliphatic rings. The largest absolute Gasteiger partial charge is 0.492 e. The predicted molar refractivity (Wildman–Crippen MR) is 169 cm³/mol. The second-order valence-electron chi connectivity index (χ2n) is 15.6. The molecule has 0 aromatic heterocycles. The maximum absolute atomic E-state index is 13.1. The first-order valence-electron chi connectivity index (χ1n) is 15.1. The van der Waals surface area contributed by atoms with Gasteiger partial charge >= 0.3 is 0 Å². The molecule has 0 bridgehead atoms. The summed E-state index contributed by atoms with van der Waals surface area (Å²) in [5, 5.41) is 7.05. The first kappa shape index (κ1) is 36.3. The molecule has 2 unspecified atom stereocenters. The van der Waals surface area contributed by atoms with Crippen LogP contribution in [0, 0.1) is 10.8 Å². The molecule has 2 atom stereocenters. The molecule has 40 heavy (non-hydrogen) atoms. The van der Waals surface area contributed by atoms with Gasteiger partial charge in [-0.15, -0.1) is 0 Å². The molecule has 230 valence electrons. The van der Waals surface area contributed by atoms with Crippen molar-refractivity contribution in [2.45, 2.75) is 132 Å². The van der Waals surface area contributed by atoms with Crippen molar-refractivity contribution in [3.8, 4) is 5.75 Å². The molecule has 0 spiro atoms. The minimum atomic E-state index is -0.396. The molecule has 0 fully saturated rings.